The molecule has 0 bridgehead atoms. The van der Waals surface area contributed by atoms with Crippen LogP contribution in [0.15, 0.2) is 0 Å². The number of piperazine rings is 1. The molecule has 3 fully saturated rings. The Kier molecular flexibility index (Phi) is 8.33. The van der Waals surface area contributed by atoms with Crippen LogP contribution in [0.5, 0.6) is 0 Å². The third-order valence-corrected chi connectivity index (χ3v) is 7.96. The number of carbonyl (C=O) groups is 1. The lowest BCUT2D eigenvalue weighted by atomic mass is 9.96. The monoisotopic (exact) mass is 424 g/mol. The summed E-state index contributed by atoms with van der Waals surface area (Å²) in [6, 6.07) is -0.227. The molecule has 2 aliphatic heterocycles. The van der Waals surface area contributed by atoms with Crippen LogP contribution in [0.3, 0.4) is 0 Å². The number of ether oxygens (including phenoxy) is 1. The molecule has 2 saturated heterocycles. The maximum absolute atomic E-state index is 12.9. The molecule has 2 heterocycles. The van der Waals surface area contributed by atoms with Crippen molar-refractivity contribution in [1.29, 1.82) is 0 Å². The van der Waals surface area contributed by atoms with Crippen LogP contribution in [0.25, 0.3) is 0 Å². The molecular formula is C17H33ClN4O4S. The highest BCUT2D eigenvalue weighted by Crippen LogP contribution is 2.25. The number of amides is 1. The van der Waals surface area contributed by atoms with E-state index in [0.29, 0.717) is 39.3 Å². The highest BCUT2D eigenvalue weighted by molar-refractivity contribution is 7.86. The van der Waals surface area contributed by atoms with Gasteiger partial charge >= 0.3 is 0 Å². The summed E-state index contributed by atoms with van der Waals surface area (Å²) in [5.41, 5.74) is 0. The van der Waals surface area contributed by atoms with E-state index in [1.807, 2.05) is 6.92 Å². The molecule has 0 radical (unpaired) electrons. The summed E-state index contributed by atoms with van der Waals surface area (Å²) in [6.45, 7) is 4.75. The Labute approximate surface area is 169 Å². The molecule has 3 aliphatic rings. The molecule has 2 atom stereocenters. The molecule has 0 unspecified atom stereocenters. The number of hydrogen-bond acceptors (Lipinski definition) is 5. The summed E-state index contributed by atoms with van der Waals surface area (Å²) in [7, 11) is -1.76. The third kappa shape index (κ3) is 5.13. The largest absolute Gasteiger partial charge is 0.375 e. The summed E-state index contributed by atoms with van der Waals surface area (Å²) in [6.07, 6.45) is 5.13. The first-order valence-corrected chi connectivity index (χ1v) is 11.2. The minimum absolute atomic E-state index is 0. The standard InChI is InChI=1S/C17H32N4O4S.ClH/c1-14-16(18-8-13-25-14)17(22)20-9-11-21(12-10-20)26(23,24)19(2)15-6-4-3-5-7-15;/h14-16,18H,3-13H2,1-2H3;1H/t14-,16+;/m1./s1. The highest BCUT2D eigenvalue weighted by Gasteiger charge is 2.38. The van der Waals surface area contributed by atoms with Crippen molar-refractivity contribution in [2.45, 2.75) is 57.2 Å². The van der Waals surface area contributed by atoms with Crippen LogP contribution in [0.1, 0.15) is 39.0 Å². The number of hydrogen-bond donors (Lipinski definition) is 1. The first-order chi connectivity index (χ1) is 12.4. The molecule has 158 valence electrons. The van der Waals surface area contributed by atoms with Crippen molar-refractivity contribution >= 4 is 28.5 Å². The molecule has 8 nitrogen and oxygen atoms in total. The maximum Gasteiger partial charge on any atom is 0.282 e. The van der Waals surface area contributed by atoms with Crippen molar-refractivity contribution in [1.82, 2.24) is 18.8 Å². The lowest BCUT2D eigenvalue weighted by Gasteiger charge is -2.40. The molecule has 0 aromatic carbocycles. The third-order valence-electron chi connectivity index (χ3n) is 5.91. The maximum atomic E-state index is 12.9. The van der Waals surface area contributed by atoms with Crippen LogP contribution in [0, 0.1) is 0 Å². The van der Waals surface area contributed by atoms with Gasteiger partial charge in [0.25, 0.3) is 10.2 Å². The molecule has 1 aliphatic carbocycles. The number of nitrogens with one attached hydrogen (secondary N) is 1. The Morgan fingerprint density at radius 1 is 1.11 bits per heavy atom. The molecule has 1 N–H and O–H groups in total. The van der Waals surface area contributed by atoms with Gasteiger partial charge in [-0.05, 0) is 19.8 Å². The highest BCUT2D eigenvalue weighted by atomic mass is 35.5. The molecule has 1 saturated carbocycles. The number of morpholine rings is 1. The van der Waals surface area contributed by atoms with E-state index in [9.17, 15) is 13.2 Å². The summed E-state index contributed by atoms with van der Waals surface area (Å²) >= 11 is 0. The topological polar surface area (TPSA) is 82.2 Å². The fourth-order valence-electron chi connectivity index (χ4n) is 4.16. The van der Waals surface area contributed by atoms with Crippen LogP contribution in [0.2, 0.25) is 0 Å². The molecule has 3 rings (SSSR count). The average molecular weight is 425 g/mol. The Bertz CT molecular complexity index is 592. The molecule has 27 heavy (non-hydrogen) atoms. The van der Waals surface area contributed by atoms with Gasteiger partial charge in [0.15, 0.2) is 0 Å². The SMILES string of the molecule is C[C@H]1OCCN[C@@H]1C(=O)N1CCN(S(=O)(=O)N(C)C2CCCCC2)CC1.Cl. The normalized spacial score (nSPS) is 28.8. The van der Waals surface area contributed by atoms with Gasteiger partial charge in [-0.15, -0.1) is 12.4 Å². The molecular weight excluding hydrogens is 392 g/mol. The van der Waals surface area contributed by atoms with E-state index in [4.69, 9.17) is 4.74 Å². The van der Waals surface area contributed by atoms with Crippen molar-refractivity contribution in [2.24, 2.45) is 0 Å². The quantitative estimate of drug-likeness (QED) is 0.708. The van der Waals surface area contributed by atoms with Crippen LogP contribution in [-0.2, 0) is 19.7 Å². The second-order valence-corrected chi connectivity index (χ2v) is 9.54. The van der Waals surface area contributed by atoms with Crippen molar-refractivity contribution in [3.8, 4) is 0 Å². The van der Waals surface area contributed by atoms with E-state index >= 15 is 0 Å². The first kappa shape index (κ1) is 22.8. The smallest absolute Gasteiger partial charge is 0.282 e. The van der Waals surface area contributed by atoms with Crippen molar-refractivity contribution in [2.75, 3.05) is 46.4 Å². The summed E-state index contributed by atoms with van der Waals surface area (Å²) in [4.78, 5) is 14.5. The van der Waals surface area contributed by atoms with E-state index in [1.54, 1.807) is 16.3 Å². The molecule has 1 amide bonds. The zero-order chi connectivity index (χ0) is 18.7. The van der Waals surface area contributed by atoms with E-state index in [-0.39, 0.29) is 36.5 Å². The zero-order valence-corrected chi connectivity index (χ0v) is 17.9. The van der Waals surface area contributed by atoms with Gasteiger partial charge in [-0.1, -0.05) is 19.3 Å². The van der Waals surface area contributed by atoms with Crippen LogP contribution in [-0.4, -0.2) is 92.4 Å². The Morgan fingerprint density at radius 3 is 2.33 bits per heavy atom. The summed E-state index contributed by atoms with van der Waals surface area (Å²) < 4.78 is 34.5. The molecule has 0 aromatic rings. The minimum Gasteiger partial charge on any atom is -0.375 e. The van der Waals surface area contributed by atoms with Gasteiger partial charge < -0.3 is 15.0 Å². The number of carbonyl (C=O) groups excluding carboxylic acids is 1. The lowest BCUT2D eigenvalue weighted by Crippen LogP contribution is -2.61. The molecule has 0 aromatic heterocycles. The van der Waals surface area contributed by atoms with Crippen LogP contribution < -0.4 is 5.32 Å². The fraction of sp³-hybridized carbons (Fsp3) is 0.941. The van der Waals surface area contributed by atoms with E-state index in [2.05, 4.69) is 5.32 Å². The number of rotatable bonds is 4. The van der Waals surface area contributed by atoms with E-state index in [1.165, 1.54) is 10.7 Å². The van der Waals surface area contributed by atoms with Crippen LogP contribution >= 0.6 is 12.4 Å². The average Bonchev–Trinajstić information content (AvgIpc) is 2.68. The van der Waals surface area contributed by atoms with Crippen molar-refractivity contribution < 1.29 is 17.9 Å². The lowest BCUT2D eigenvalue weighted by molar-refractivity contribution is -0.140. The zero-order valence-electron chi connectivity index (χ0n) is 16.3. The Hall–Kier alpha value is -0.450. The van der Waals surface area contributed by atoms with Gasteiger partial charge in [-0.2, -0.15) is 17.0 Å². The Balaban J connectivity index is 0.00000261. The van der Waals surface area contributed by atoms with Gasteiger partial charge in [-0.3, -0.25) is 4.79 Å². The predicted molar refractivity (Wildman–Crippen MR) is 106 cm³/mol. The number of halogens is 1. The molecule has 10 heteroatoms. The summed E-state index contributed by atoms with van der Waals surface area (Å²) in [5, 5.41) is 3.21. The van der Waals surface area contributed by atoms with Crippen molar-refractivity contribution in [3.05, 3.63) is 0 Å². The van der Waals surface area contributed by atoms with Crippen LogP contribution in [0.4, 0.5) is 0 Å². The second-order valence-electron chi connectivity index (χ2n) is 7.55. The van der Waals surface area contributed by atoms with Crippen molar-refractivity contribution in [3.63, 3.8) is 0 Å². The fourth-order valence-corrected chi connectivity index (χ4v) is 5.74. The van der Waals surface area contributed by atoms with Gasteiger partial charge in [0.1, 0.15) is 6.04 Å². The van der Waals surface area contributed by atoms with Gasteiger partial charge in [-0.25, -0.2) is 0 Å². The number of nitrogens with zero attached hydrogens (tertiary/aromatic N) is 3. The minimum atomic E-state index is -3.46. The van der Waals surface area contributed by atoms with E-state index < -0.39 is 10.2 Å². The first-order valence-electron chi connectivity index (χ1n) is 9.78. The van der Waals surface area contributed by atoms with Gasteiger partial charge in [0, 0.05) is 45.8 Å². The molecule has 0 spiro atoms. The predicted octanol–water partition coefficient (Wildman–Crippen LogP) is 0.439. The summed E-state index contributed by atoms with van der Waals surface area (Å²) in [5.74, 6) is 0.00915. The Morgan fingerprint density at radius 2 is 1.74 bits per heavy atom. The van der Waals surface area contributed by atoms with E-state index in [0.717, 1.165) is 25.7 Å². The second kappa shape index (κ2) is 9.84. The van der Waals surface area contributed by atoms with Gasteiger partial charge in [0.05, 0.1) is 12.7 Å². The van der Waals surface area contributed by atoms with Gasteiger partial charge in [0.2, 0.25) is 5.91 Å².